The van der Waals surface area contributed by atoms with Crippen LogP contribution in [-0.4, -0.2) is 14.1 Å². The van der Waals surface area contributed by atoms with E-state index in [1.54, 1.807) is 0 Å². The van der Waals surface area contributed by atoms with Crippen LogP contribution < -0.4 is 11.5 Å². The Kier molecular flexibility index (Phi) is 9.73. The van der Waals surface area contributed by atoms with Gasteiger partial charge < -0.3 is 11.5 Å². The molecule has 4 N–H and O–H groups in total. The molecule has 2 nitrogen and oxygen atoms in total. The molecule has 0 aromatic heterocycles. The molecule has 82 valence electrons. The van der Waals surface area contributed by atoms with Crippen molar-refractivity contribution < 1.29 is 0 Å². The number of rotatable bonds is 0. The molecule has 0 bridgehead atoms. The van der Waals surface area contributed by atoms with E-state index in [1.807, 2.05) is 0 Å². The monoisotopic (exact) mass is 196 g/mol. The van der Waals surface area contributed by atoms with E-state index in [-0.39, 0.29) is 0 Å². The van der Waals surface area contributed by atoms with Crippen molar-refractivity contribution in [3.05, 3.63) is 35.9 Å². The van der Waals surface area contributed by atoms with Gasteiger partial charge in [0.2, 0.25) is 0 Å². The van der Waals surface area contributed by atoms with Gasteiger partial charge in [0.1, 0.15) is 0 Å². The van der Waals surface area contributed by atoms with Gasteiger partial charge in [-0.2, -0.15) is 0 Å². The first-order valence-electron chi connectivity index (χ1n) is 4.82. The minimum Gasteiger partial charge on any atom is -0.333 e. The molecule has 0 amide bonds. The smallest absolute Gasteiger partial charge is 0.0132 e. The molecule has 0 fully saturated rings. The molecule has 2 heteroatoms. The lowest BCUT2D eigenvalue weighted by atomic mass is 9.87. The van der Waals surface area contributed by atoms with Crippen LogP contribution in [0.2, 0.25) is 0 Å². The second-order valence-electron chi connectivity index (χ2n) is 3.62. The fourth-order valence-electron chi connectivity index (χ4n) is 0.938. The highest BCUT2D eigenvalue weighted by Gasteiger charge is 2.11. The summed E-state index contributed by atoms with van der Waals surface area (Å²) in [5.74, 6) is 0. The maximum absolute atomic E-state index is 4.50. The van der Waals surface area contributed by atoms with E-state index in [9.17, 15) is 0 Å². The van der Waals surface area contributed by atoms with Crippen molar-refractivity contribution in [2.45, 2.75) is 26.2 Å². The van der Waals surface area contributed by atoms with Crippen LogP contribution in [0, 0.1) is 0 Å². The van der Waals surface area contributed by atoms with Gasteiger partial charge in [-0.1, -0.05) is 51.1 Å². The minimum atomic E-state index is 0.293. The lowest BCUT2D eigenvalue weighted by Crippen LogP contribution is -2.10. The van der Waals surface area contributed by atoms with Gasteiger partial charge in [-0.25, -0.2) is 0 Å². The van der Waals surface area contributed by atoms with Gasteiger partial charge >= 0.3 is 0 Å². The highest BCUT2D eigenvalue weighted by molar-refractivity contribution is 5.21. The molecule has 0 heterocycles. The van der Waals surface area contributed by atoms with Crippen molar-refractivity contribution >= 4 is 0 Å². The van der Waals surface area contributed by atoms with E-state index in [0.29, 0.717) is 5.41 Å². The molecule has 0 aliphatic rings. The van der Waals surface area contributed by atoms with Crippen molar-refractivity contribution in [2.75, 3.05) is 14.1 Å². The third-order valence-corrected chi connectivity index (χ3v) is 1.64. The first-order valence-corrected chi connectivity index (χ1v) is 4.82. The zero-order valence-corrected chi connectivity index (χ0v) is 10.0. The molecule has 1 rings (SSSR count). The zero-order chi connectivity index (χ0) is 11.6. The molecule has 1 aromatic rings. The van der Waals surface area contributed by atoms with E-state index in [1.165, 1.54) is 19.7 Å². The fraction of sp³-hybridized carbons (Fsp3) is 0.500. The predicted octanol–water partition coefficient (Wildman–Crippen LogP) is 2.13. The number of benzene rings is 1. The Morgan fingerprint density at radius 2 is 1.14 bits per heavy atom. The number of nitrogens with two attached hydrogens (primary N) is 2. The topological polar surface area (TPSA) is 52.0 Å². The average molecular weight is 196 g/mol. The van der Waals surface area contributed by atoms with Gasteiger partial charge in [0, 0.05) is 0 Å². The fourth-order valence-corrected chi connectivity index (χ4v) is 0.938. The standard InChI is InChI=1S/C10H14.2CH5N/c1-10(2,3)9-7-5-4-6-8-9;2*1-2/h4-8H,1-3H3;2*2H2,1H3. The molecule has 0 spiro atoms. The summed E-state index contributed by atoms with van der Waals surface area (Å²) in [5, 5.41) is 0. The summed E-state index contributed by atoms with van der Waals surface area (Å²) in [6.45, 7) is 6.67. The van der Waals surface area contributed by atoms with E-state index in [0.717, 1.165) is 0 Å². The van der Waals surface area contributed by atoms with Crippen molar-refractivity contribution in [3.8, 4) is 0 Å². The second kappa shape index (κ2) is 8.73. The van der Waals surface area contributed by atoms with E-state index in [2.05, 4.69) is 62.6 Å². The van der Waals surface area contributed by atoms with Crippen LogP contribution in [0.1, 0.15) is 26.3 Å². The molecule has 0 saturated heterocycles. The third-order valence-electron chi connectivity index (χ3n) is 1.64. The quantitative estimate of drug-likeness (QED) is 0.668. The molecular formula is C12H24N2. The summed E-state index contributed by atoms with van der Waals surface area (Å²) in [5.41, 5.74) is 10.7. The summed E-state index contributed by atoms with van der Waals surface area (Å²) < 4.78 is 0. The third kappa shape index (κ3) is 6.63. The Hall–Kier alpha value is -0.860. The van der Waals surface area contributed by atoms with Gasteiger partial charge in [-0.15, -0.1) is 0 Å². The van der Waals surface area contributed by atoms with E-state index < -0.39 is 0 Å². The van der Waals surface area contributed by atoms with E-state index in [4.69, 9.17) is 0 Å². The van der Waals surface area contributed by atoms with Crippen LogP contribution >= 0.6 is 0 Å². The van der Waals surface area contributed by atoms with Gasteiger partial charge in [0.25, 0.3) is 0 Å². The van der Waals surface area contributed by atoms with E-state index >= 15 is 0 Å². The molecule has 0 unspecified atom stereocenters. The lowest BCUT2D eigenvalue weighted by Gasteiger charge is -2.18. The van der Waals surface area contributed by atoms with Gasteiger partial charge in [-0.3, -0.25) is 0 Å². The summed E-state index contributed by atoms with van der Waals surface area (Å²) in [7, 11) is 3.00. The number of hydrogen-bond donors (Lipinski definition) is 2. The predicted molar refractivity (Wildman–Crippen MR) is 65.4 cm³/mol. The first kappa shape index (κ1) is 15.6. The highest BCUT2D eigenvalue weighted by Crippen LogP contribution is 2.20. The Balaban J connectivity index is 0. The largest absolute Gasteiger partial charge is 0.333 e. The summed E-state index contributed by atoms with van der Waals surface area (Å²) >= 11 is 0. The van der Waals surface area contributed by atoms with Crippen LogP contribution in [0.15, 0.2) is 30.3 Å². The average Bonchev–Trinajstić information content (AvgIpc) is 2.24. The van der Waals surface area contributed by atoms with Crippen LogP contribution in [0.25, 0.3) is 0 Å². The molecular weight excluding hydrogens is 172 g/mol. The normalized spacial score (nSPS) is 9.07. The summed E-state index contributed by atoms with van der Waals surface area (Å²) in [4.78, 5) is 0. The maximum Gasteiger partial charge on any atom is -0.0132 e. The Bertz CT molecular complexity index is 199. The Labute approximate surface area is 88.3 Å². The van der Waals surface area contributed by atoms with Crippen molar-refractivity contribution in [1.29, 1.82) is 0 Å². The van der Waals surface area contributed by atoms with Crippen LogP contribution in [0.3, 0.4) is 0 Å². The van der Waals surface area contributed by atoms with Crippen molar-refractivity contribution in [2.24, 2.45) is 11.5 Å². The lowest BCUT2D eigenvalue weighted by molar-refractivity contribution is 0.590. The molecule has 0 atom stereocenters. The highest BCUT2D eigenvalue weighted by atomic mass is 14.4. The summed E-state index contributed by atoms with van der Waals surface area (Å²) in [6, 6.07) is 10.6. The molecule has 14 heavy (non-hydrogen) atoms. The SMILES string of the molecule is CC(C)(C)c1ccccc1.CN.CN. The molecule has 0 aliphatic carbocycles. The molecule has 0 saturated carbocycles. The van der Waals surface area contributed by atoms with Crippen LogP contribution in [0.5, 0.6) is 0 Å². The van der Waals surface area contributed by atoms with Crippen molar-refractivity contribution in [3.63, 3.8) is 0 Å². The Morgan fingerprint density at radius 3 is 1.36 bits per heavy atom. The zero-order valence-electron chi connectivity index (χ0n) is 10.0. The molecule has 1 aromatic carbocycles. The van der Waals surface area contributed by atoms with Gasteiger partial charge in [0.05, 0.1) is 0 Å². The van der Waals surface area contributed by atoms with Gasteiger partial charge in [-0.05, 0) is 25.1 Å². The second-order valence-corrected chi connectivity index (χ2v) is 3.62. The minimum absolute atomic E-state index is 0.293. The first-order chi connectivity index (χ1) is 6.61. The number of hydrogen-bond acceptors (Lipinski definition) is 2. The summed E-state index contributed by atoms with van der Waals surface area (Å²) in [6.07, 6.45) is 0. The van der Waals surface area contributed by atoms with Crippen molar-refractivity contribution in [1.82, 2.24) is 0 Å². The Morgan fingerprint density at radius 1 is 0.786 bits per heavy atom. The molecule has 0 aliphatic heterocycles. The molecule has 0 radical (unpaired) electrons. The van der Waals surface area contributed by atoms with Gasteiger partial charge in [0.15, 0.2) is 0 Å². The maximum atomic E-state index is 4.50. The van der Waals surface area contributed by atoms with Crippen LogP contribution in [-0.2, 0) is 5.41 Å². The van der Waals surface area contributed by atoms with Crippen LogP contribution in [0.4, 0.5) is 0 Å².